The topological polar surface area (TPSA) is 79.9 Å². The maximum atomic E-state index is 12.3. The standard InChI is InChI=1S/C17H18N4O2/c1-23-11-5-9-19-17(22)13-8-10-18-16-14(13)20-15(21-16)12-6-3-2-4-7-12/h2-4,6-8,10H,5,9,11H2,1H3,(H,19,22)(H,18,20,21). The van der Waals surface area contributed by atoms with E-state index in [-0.39, 0.29) is 5.91 Å². The Kier molecular flexibility index (Phi) is 4.63. The van der Waals surface area contributed by atoms with E-state index in [1.165, 1.54) is 0 Å². The number of nitrogens with one attached hydrogen (secondary N) is 2. The fourth-order valence-corrected chi connectivity index (χ4v) is 2.35. The summed E-state index contributed by atoms with van der Waals surface area (Å²) in [6.45, 7) is 1.18. The first-order chi connectivity index (χ1) is 11.3. The smallest absolute Gasteiger partial charge is 0.253 e. The van der Waals surface area contributed by atoms with Gasteiger partial charge in [-0.25, -0.2) is 9.97 Å². The largest absolute Gasteiger partial charge is 0.385 e. The van der Waals surface area contributed by atoms with Crippen LogP contribution in [0.2, 0.25) is 0 Å². The molecule has 1 amide bonds. The van der Waals surface area contributed by atoms with Crippen molar-refractivity contribution < 1.29 is 9.53 Å². The molecule has 0 spiro atoms. The monoisotopic (exact) mass is 310 g/mol. The summed E-state index contributed by atoms with van der Waals surface area (Å²) in [6.07, 6.45) is 2.37. The Morgan fingerprint density at radius 1 is 1.26 bits per heavy atom. The molecule has 0 aliphatic heterocycles. The van der Waals surface area contributed by atoms with E-state index in [1.807, 2.05) is 30.3 Å². The van der Waals surface area contributed by atoms with Crippen molar-refractivity contribution in [3.63, 3.8) is 0 Å². The van der Waals surface area contributed by atoms with Gasteiger partial charge in [0.2, 0.25) is 0 Å². The van der Waals surface area contributed by atoms with Crippen LogP contribution in [0.5, 0.6) is 0 Å². The average Bonchev–Trinajstić information content (AvgIpc) is 3.03. The van der Waals surface area contributed by atoms with E-state index in [2.05, 4.69) is 20.3 Å². The Balaban J connectivity index is 1.87. The third-order valence-electron chi connectivity index (χ3n) is 3.49. The van der Waals surface area contributed by atoms with E-state index in [9.17, 15) is 4.79 Å². The molecular weight excluding hydrogens is 292 g/mol. The molecule has 0 saturated carbocycles. The Morgan fingerprint density at radius 2 is 2.09 bits per heavy atom. The lowest BCUT2D eigenvalue weighted by Gasteiger charge is -2.05. The first-order valence-electron chi connectivity index (χ1n) is 7.47. The summed E-state index contributed by atoms with van der Waals surface area (Å²) in [5, 5.41) is 2.88. The van der Waals surface area contributed by atoms with E-state index in [0.29, 0.717) is 35.7 Å². The van der Waals surface area contributed by atoms with Crippen molar-refractivity contribution >= 4 is 17.1 Å². The maximum absolute atomic E-state index is 12.3. The quantitative estimate of drug-likeness (QED) is 0.685. The fraction of sp³-hybridized carbons (Fsp3) is 0.235. The molecule has 2 N–H and O–H groups in total. The zero-order chi connectivity index (χ0) is 16.1. The summed E-state index contributed by atoms with van der Waals surface area (Å²) in [7, 11) is 1.64. The van der Waals surface area contributed by atoms with Gasteiger partial charge in [0.1, 0.15) is 5.82 Å². The minimum Gasteiger partial charge on any atom is -0.385 e. The minimum atomic E-state index is -0.142. The van der Waals surface area contributed by atoms with Crippen LogP contribution in [-0.4, -0.2) is 41.1 Å². The highest BCUT2D eigenvalue weighted by Crippen LogP contribution is 2.21. The summed E-state index contributed by atoms with van der Waals surface area (Å²) in [6, 6.07) is 11.5. The molecule has 0 aliphatic rings. The molecule has 0 aliphatic carbocycles. The second-order valence-electron chi connectivity index (χ2n) is 5.11. The molecule has 118 valence electrons. The van der Waals surface area contributed by atoms with Gasteiger partial charge in [0.05, 0.1) is 11.1 Å². The van der Waals surface area contributed by atoms with Gasteiger partial charge < -0.3 is 15.0 Å². The highest BCUT2D eigenvalue weighted by molar-refractivity contribution is 6.04. The van der Waals surface area contributed by atoms with Crippen molar-refractivity contribution in [3.05, 3.63) is 48.2 Å². The highest BCUT2D eigenvalue weighted by Gasteiger charge is 2.14. The average molecular weight is 310 g/mol. The van der Waals surface area contributed by atoms with Gasteiger partial charge in [-0.1, -0.05) is 30.3 Å². The van der Waals surface area contributed by atoms with Gasteiger partial charge in [0.25, 0.3) is 5.91 Å². The fourth-order valence-electron chi connectivity index (χ4n) is 2.35. The van der Waals surface area contributed by atoms with Crippen molar-refractivity contribution in [2.45, 2.75) is 6.42 Å². The van der Waals surface area contributed by atoms with Crippen LogP contribution in [0.3, 0.4) is 0 Å². The number of pyridine rings is 1. The molecule has 0 atom stereocenters. The number of hydrogen-bond donors (Lipinski definition) is 2. The lowest BCUT2D eigenvalue weighted by atomic mass is 10.2. The number of nitrogens with zero attached hydrogens (tertiary/aromatic N) is 2. The van der Waals surface area contributed by atoms with Gasteiger partial charge in [0, 0.05) is 32.0 Å². The number of amides is 1. The Labute approximate surface area is 133 Å². The number of rotatable bonds is 6. The number of aromatic nitrogens is 3. The lowest BCUT2D eigenvalue weighted by Crippen LogP contribution is -2.25. The van der Waals surface area contributed by atoms with Crippen molar-refractivity contribution in [3.8, 4) is 11.4 Å². The molecule has 6 heteroatoms. The first-order valence-corrected chi connectivity index (χ1v) is 7.47. The number of methoxy groups -OCH3 is 1. The molecule has 0 unspecified atom stereocenters. The van der Waals surface area contributed by atoms with Crippen LogP contribution in [-0.2, 0) is 4.74 Å². The molecule has 3 aromatic rings. The van der Waals surface area contributed by atoms with Gasteiger partial charge in [-0.2, -0.15) is 0 Å². The number of ether oxygens (including phenoxy) is 1. The van der Waals surface area contributed by atoms with Gasteiger partial charge in [-0.05, 0) is 12.5 Å². The van der Waals surface area contributed by atoms with E-state index < -0.39 is 0 Å². The minimum absolute atomic E-state index is 0.142. The summed E-state index contributed by atoms with van der Waals surface area (Å²) in [5.41, 5.74) is 2.68. The molecule has 0 saturated heterocycles. The molecule has 2 aromatic heterocycles. The van der Waals surface area contributed by atoms with E-state index >= 15 is 0 Å². The van der Waals surface area contributed by atoms with Crippen LogP contribution in [0.15, 0.2) is 42.6 Å². The normalized spacial score (nSPS) is 10.8. The van der Waals surface area contributed by atoms with Gasteiger partial charge in [-0.3, -0.25) is 4.79 Å². The van der Waals surface area contributed by atoms with Crippen LogP contribution in [0.25, 0.3) is 22.6 Å². The Bertz CT molecular complexity index is 799. The van der Waals surface area contributed by atoms with E-state index in [4.69, 9.17) is 4.74 Å². The van der Waals surface area contributed by atoms with E-state index in [1.54, 1.807) is 19.4 Å². The Hall–Kier alpha value is -2.73. The molecule has 0 fully saturated rings. The van der Waals surface area contributed by atoms with Crippen LogP contribution in [0, 0.1) is 0 Å². The molecule has 0 radical (unpaired) electrons. The number of benzene rings is 1. The van der Waals surface area contributed by atoms with Crippen LogP contribution < -0.4 is 5.32 Å². The summed E-state index contributed by atoms with van der Waals surface area (Å²) in [4.78, 5) is 24.3. The van der Waals surface area contributed by atoms with Gasteiger partial charge in [-0.15, -0.1) is 0 Å². The molecular formula is C17H18N4O2. The molecule has 1 aromatic carbocycles. The lowest BCUT2D eigenvalue weighted by molar-refractivity contribution is 0.0950. The van der Waals surface area contributed by atoms with E-state index in [0.717, 1.165) is 12.0 Å². The number of aromatic amines is 1. The molecule has 0 bridgehead atoms. The summed E-state index contributed by atoms with van der Waals surface area (Å²) >= 11 is 0. The van der Waals surface area contributed by atoms with Crippen LogP contribution in [0.1, 0.15) is 16.8 Å². The number of H-pyrrole nitrogens is 1. The van der Waals surface area contributed by atoms with Crippen LogP contribution in [0.4, 0.5) is 0 Å². The summed E-state index contributed by atoms with van der Waals surface area (Å²) < 4.78 is 4.97. The second kappa shape index (κ2) is 7.02. The molecule has 2 heterocycles. The predicted molar refractivity (Wildman–Crippen MR) is 88.2 cm³/mol. The third-order valence-corrected chi connectivity index (χ3v) is 3.49. The molecule has 6 nitrogen and oxygen atoms in total. The van der Waals surface area contributed by atoms with Crippen molar-refractivity contribution in [2.75, 3.05) is 20.3 Å². The molecule has 3 rings (SSSR count). The second-order valence-corrected chi connectivity index (χ2v) is 5.11. The van der Waals surface area contributed by atoms with Crippen LogP contribution >= 0.6 is 0 Å². The number of hydrogen-bond acceptors (Lipinski definition) is 4. The SMILES string of the molecule is COCCCNC(=O)c1ccnc2nc(-c3ccccc3)[nH]c12. The predicted octanol–water partition coefficient (Wildman–Crippen LogP) is 2.39. The van der Waals surface area contributed by atoms with Gasteiger partial charge >= 0.3 is 0 Å². The number of carbonyl (C=O) groups excluding carboxylic acids is 1. The summed E-state index contributed by atoms with van der Waals surface area (Å²) in [5.74, 6) is 0.560. The zero-order valence-electron chi connectivity index (χ0n) is 12.9. The highest BCUT2D eigenvalue weighted by atomic mass is 16.5. The number of fused-ring (bicyclic) bond motifs is 1. The zero-order valence-corrected chi connectivity index (χ0v) is 12.9. The van der Waals surface area contributed by atoms with Crippen molar-refractivity contribution in [1.82, 2.24) is 20.3 Å². The number of imidazole rings is 1. The Morgan fingerprint density at radius 3 is 2.87 bits per heavy atom. The third kappa shape index (κ3) is 3.37. The van der Waals surface area contributed by atoms with Crippen molar-refractivity contribution in [1.29, 1.82) is 0 Å². The molecule has 23 heavy (non-hydrogen) atoms. The maximum Gasteiger partial charge on any atom is 0.253 e. The van der Waals surface area contributed by atoms with Gasteiger partial charge in [0.15, 0.2) is 5.65 Å². The first kappa shape index (κ1) is 15.2. The number of carbonyl (C=O) groups is 1. The van der Waals surface area contributed by atoms with Crippen molar-refractivity contribution in [2.24, 2.45) is 0 Å².